The quantitative estimate of drug-likeness (QED) is 0.737. The molecule has 1 atom stereocenters. The van der Waals surface area contributed by atoms with Gasteiger partial charge >= 0.3 is 0 Å². The number of ketones is 1. The summed E-state index contributed by atoms with van der Waals surface area (Å²) in [6.45, 7) is 0. The van der Waals surface area contributed by atoms with Crippen LogP contribution in [0.5, 0.6) is 23.0 Å². The van der Waals surface area contributed by atoms with E-state index >= 15 is 0 Å². The van der Waals surface area contributed by atoms with Crippen LogP contribution >= 0.6 is 0 Å². The lowest BCUT2D eigenvalue weighted by Gasteiger charge is -2.15. The summed E-state index contributed by atoms with van der Waals surface area (Å²) in [5, 5.41) is 10.3. The first-order valence-corrected chi connectivity index (χ1v) is 8.64. The molecule has 2 aromatic carbocycles. The normalized spacial score (nSPS) is 16.3. The van der Waals surface area contributed by atoms with E-state index in [9.17, 15) is 9.90 Å². The summed E-state index contributed by atoms with van der Waals surface area (Å²) in [7, 11) is 6.09. The summed E-state index contributed by atoms with van der Waals surface area (Å²) in [5.41, 5.74) is 8.83. The summed E-state index contributed by atoms with van der Waals surface area (Å²) in [6.07, 6.45) is -0.939. The molecule has 28 heavy (non-hydrogen) atoms. The number of carbonyl (C=O) groups is 1. The van der Waals surface area contributed by atoms with Gasteiger partial charge in [-0.25, -0.2) is 0 Å². The molecule has 1 aliphatic carbocycles. The Morgan fingerprint density at radius 1 is 0.893 bits per heavy atom. The van der Waals surface area contributed by atoms with Gasteiger partial charge in [-0.2, -0.15) is 0 Å². The van der Waals surface area contributed by atoms with Crippen LogP contribution in [-0.2, 0) is 4.79 Å². The number of benzene rings is 2. The first-order valence-electron chi connectivity index (χ1n) is 8.64. The molecule has 7 nitrogen and oxygen atoms in total. The summed E-state index contributed by atoms with van der Waals surface area (Å²) in [5.74, 6) is 1.55. The summed E-state index contributed by atoms with van der Waals surface area (Å²) < 4.78 is 21.4. The number of nitrogens with two attached hydrogens (primary N) is 1. The lowest BCUT2D eigenvalue weighted by molar-refractivity contribution is -0.120. The topological polar surface area (TPSA) is 100 Å². The smallest absolute Gasteiger partial charge is 0.203 e. The highest BCUT2D eigenvalue weighted by molar-refractivity contribution is 6.33. The van der Waals surface area contributed by atoms with Gasteiger partial charge in [0.15, 0.2) is 17.3 Å². The molecule has 3 rings (SSSR count). The zero-order chi connectivity index (χ0) is 20.4. The number of hydrogen-bond acceptors (Lipinski definition) is 7. The van der Waals surface area contributed by atoms with Crippen LogP contribution in [0.3, 0.4) is 0 Å². The average Bonchev–Trinajstić information content (AvgIpc) is 3.01. The highest BCUT2D eigenvalue weighted by atomic mass is 16.5. The number of hydrogen-bond donors (Lipinski definition) is 2. The SMILES string of the molecule is COc1ccc(C2=C(c3cc(OC)c(OC)c(OC)c3)CC(O)C2=O)cc1N. The third-order valence-electron chi connectivity index (χ3n) is 4.78. The van der Waals surface area contributed by atoms with Gasteiger partial charge in [0.05, 0.1) is 34.1 Å². The fourth-order valence-corrected chi connectivity index (χ4v) is 3.43. The van der Waals surface area contributed by atoms with Crippen molar-refractivity contribution in [3.8, 4) is 23.0 Å². The number of rotatable bonds is 6. The van der Waals surface area contributed by atoms with Crippen LogP contribution < -0.4 is 24.7 Å². The first kappa shape index (κ1) is 19.6. The molecule has 7 heteroatoms. The van der Waals surface area contributed by atoms with Crippen molar-refractivity contribution in [2.45, 2.75) is 12.5 Å². The Bertz CT molecular complexity index is 925. The molecule has 0 fully saturated rings. The average molecular weight is 385 g/mol. The summed E-state index contributed by atoms with van der Waals surface area (Å²) in [4.78, 5) is 12.7. The number of ether oxygens (including phenoxy) is 4. The second-order valence-electron chi connectivity index (χ2n) is 6.31. The van der Waals surface area contributed by atoms with E-state index in [-0.39, 0.29) is 12.2 Å². The maximum absolute atomic E-state index is 12.7. The fourth-order valence-electron chi connectivity index (χ4n) is 3.43. The predicted molar refractivity (Wildman–Crippen MR) is 106 cm³/mol. The summed E-state index contributed by atoms with van der Waals surface area (Å²) in [6, 6.07) is 8.63. The predicted octanol–water partition coefficient (Wildman–Crippen LogP) is 2.55. The van der Waals surface area contributed by atoms with Crippen molar-refractivity contribution in [2.24, 2.45) is 0 Å². The zero-order valence-corrected chi connectivity index (χ0v) is 16.2. The van der Waals surface area contributed by atoms with Crippen LogP contribution in [-0.4, -0.2) is 45.4 Å². The van der Waals surface area contributed by atoms with Gasteiger partial charge in [-0.15, -0.1) is 0 Å². The van der Waals surface area contributed by atoms with Crippen LogP contribution in [0.1, 0.15) is 17.5 Å². The van der Waals surface area contributed by atoms with Crippen molar-refractivity contribution < 1.29 is 28.8 Å². The Kier molecular flexibility index (Phi) is 5.46. The monoisotopic (exact) mass is 385 g/mol. The van der Waals surface area contributed by atoms with E-state index in [0.717, 1.165) is 0 Å². The standard InChI is InChI=1S/C21H23NO6/c1-25-16-6-5-11(7-14(16)22)19-13(10-15(23)20(19)24)12-8-17(26-2)21(28-4)18(9-12)27-3/h5-9,15,23H,10,22H2,1-4H3. The van der Waals surface area contributed by atoms with Gasteiger partial charge in [-0.05, 0) is 41.0 Å². The van der Waals surface area contributed by atoms with Crippen LogP contribution in [0.15, 0.2) is 30.3 Å². The largest absolute Gasteiger partial charge is 0.495 e. The van der Waals surface area contributed by atoms with E-state index in [1.54, 1.807) is 30.3 Å². The molecule has 2 aromatic rings. The molecule has 148 valence electrons. The van der Waals surface area contributed by atoms with E-state index in [2.05, 4.69) is 0 Å². The van der Waals surface area contributed by atoms with Gasteiger partial charge in [-0.3, -0.25) is 4.79 Å². The molecule has 1 unspecified atom stereocenters. The number of nitrogen functional groups attached to an aromatic ring is 1. The lowest BCUT2D eigenvalue weighted by atomic mass is 9.95. The van der Waals surface area contributed by atoms with Crippen LogP contribution in [0, 0.1) is 0 Å². The number of methoxy groups -OCH3 is 4. The number of carbonyl (C=O) groups excluding carboxylic acids is 1. The van der Waals surface area contributed by atoms with Crippen LogP contribution in [0.4, 0.5) is 5.69 Å². The molecule has 0 heterocycles. The van der Waals surface area contributed by atoms with Crippen LogP contribution in [0.2, 0.25) is 0 Å². The Morgan fingerprint density at radius 2 is 1.50 bits per heavy atom. The molecular weight excluding hydrogens is 362 g/mol. The minimum atomic E-state index is -1.12. The van der Waals surface area contributed by atoms with E-state index < -0.39 is 6.10 Å². The molecular formula is C21H23NO6. The minimum absolute atomic E-state index is 0.179. The third-order valence-corrected chi connectivity index (χ3v) is 4.78. The lowest BCUT2D eigenvalue weighted by Crippen LogP contribution is -2.14. The van der Waals surface area contributed by atoms with E-state index in [1.807, 2.05) is 0 Å². The molecule has 3 N–H and O–H groups in total. The first-order chi connectivity index (χ1) is 13.4. The van der Waals surface area contributed by atoms with Gasteiger partial charge < -0.3 is 29.8 Å². The molecule has 0 radical (unpaired) electrons. The molecule has 0 amide bonds. The fraction of sp³-hybridized carbons (Fsp3) is 0.286. The Morgan fingerprint density at radius 3 is 2.00 bits per heavy atom. The Hall–Kier alpha value is -3.19. The third kappa shape index (κ3) is 3.25. The van der Waals surface area contributed by atoms with Crippen molar-refractivity contribution >= 4 is 22.6 Å². The number of anilines is 1. The van der Waals surface area contributed by atoms with Crippen molar-refractivity contribution in [2.75, 3.05) is 34.2 Å². The highest BCUT2D eigenvalue weighted by Crippen LogP contribution is 2.45. The Labute approximate surface area is 163 Å². The van der Waals surface area contributed by atoms with Crippen LogP contribution in [0.25, 0.3) is 11.1 Å². The van der Waals surface area contributed by atoms with Crippen molar-refractivity contribution in [3.05, 3.63) is 41.5 Å². The second kappa shape index (κ2) is 7.82. The molecule has 1 aliphatic rings. The Balaban J connectivity index is 2.22. The van der Waals surface area contributed by atoms with Gasteiger partial charge in [-0.1, -0.05) is 6.07 Å². The molecule has 0 bridgehead atoms. The maximum atomic E-state index is 12.7. The molecule has 0 aromatic heterocycles. The van der Waals surface area contributed by atoms with Crippen molar-refractivity contribution in [3.63, 3.8) is 0 Å². The van der Waals surface area contributed by atoms with Gasteiger partial charge in [0.2, 0.25) is 5.75 Å². The number of aliphatic hydroxyl groups excluding tert-OH is 1. The minimum Gasteiger partial charge on any atom is -0.495 e. The second-order valence-corrected chi connectivity index (χ2v) is 6.31. The molecule has 0 saturated heterocycles. The van der Waals surface area contributed by atoms with Gasteiger partial charge in [0.1, 0.15) is 11.9 Å². The highest BCUT2D eigenvalue weighted by Gasteiger charge is 2.34. The maximum Gasteiger partial charge on any atom is 0.203 e. The molecule has 0 saturated carbocycles. The van der Waals surface area contributed by atoms with E-state index in [4.69, 9.17) is 24.7 Å². The number of Topliss-reactive ketones (excluding diaryl/α,β-unsaturated/α-hetero) is 1. The molecule has 0 aliphatic heterocycles. The number of aliphatic hydroxyl groups is 1. The van der Waals surface area contributed by atoms with E-state index in [0.29, 0.717) is 51.0 Å². The molecule has 0 spiro atoms. The summed E-state index contributed by atoms with van der Waals surface area (Å²) >= 11 is 0. The van der Waals surface area contributed by atoms with Crippen molar-refractivity contribution in [1.29, 1.82) is 0 Å². The van der Waals surface area contributed by atoms with E-state index in [1.165, 1.54) is 28.4 Å². The zero-order valence-electron chi connectivity index (χ0n) is 16.2. The van der Waals surface area contributed by atoms with Gasteiger partial charge in [0.25, 0.3) is 0 Å². The van der Waals surface area contributed by atoms with Crippen molar-refractivity contribution in [1.82, 2.24) is 0 Å². The van der Waals surface area contributed by atoms with Gasteiger partial charge in [0, 0.05) is 12.0 Å².